The Bertz CT molecular complexity index is 132. The van der Waals surface area contributed by atoms with E-state index in [0.29, 0.717) is 5.92 Å². The van der Waals surface area contributed by atoms with Gasteiger partial charge in [0.25, 0.3) is 0 Å². The van der Waals surface area contributed by atoms with Crippen LogP contribution in [0.15, 0.2) is 11.1 Å². The first kappa shape index (κ1) is 6.92. The molecule has 1 aliphatic heterocycles. The first-order valence-electron chi connectivity index (χ1n) is 2.89. The van der Waals surface area contributed by atoms with Crippen LogP contribution in [-0.2, 0) is 0 Å². The van der Waals surface area contributed by atoms with Gasteiger partial charge < -0.3 is 5.43 Å². The third kappa shape index (κ3) is 1.61. The van der Waals surface area contributed by atoms with Crippen molar-refractivity contribution in [3.63, 3.8) is 0 Å². The molecule has 1 rings (SSSR count). The fraction of sp³-hybridized carbons (Fsp3) is 0.600. The molecule has 0 unspecified atom stereocenters. The predicted octanol–water partition coefficient (Wildman–Crippen LogP) is 0.826. The van der Waals surface area contributed by atoms with E-state index < -0.39 is 0 Å². The highest BCUT2D eigenvalue weighted by Crippen LogP contribution is 2.27. The Kier molecular flexibility index (Phi) is 2.00. The highest BCUT2D eigenvalue weighted by atomic mass is 32.2. The van der Waals surface area contributed by atoms with Gasteiger partial charge in [-0.3, -0.25) is 0 Å². The molecular formula is C5H11N3S. The van der Waals surface area contributed by atoms with Crippen LogP contribution in [0.5, 0.6) is 0 Å². The molecule has 4 heteroatoms. The van der Waals surface area contributed by atoms with Crippen molar-refractivity contribution in [2.75, 3.05) is 0 Å². The highest BCUT2D eigenvalue weighted by molar-refractivity contribution is 8.00. The first-order valence-corrected chi connectivity index (χ1v) is 3.66. The van der Waals surface area contributed by atoms with Crippen LogP contribution in [0, 0.1) is 5.92 Å². The summed E-state index contributed by atoms with van der Waals surface area (Å²) in [4.78, 5) is 1.28. The molecule has 0 bridgehead atoms. The average Bonchev–Trinajstić information content (AvgIpc) is 2.14. The van der Waals surface area contributed by atoms with Crippen LogP contribution in [-0.4, -0.2) is 4.52 Å². The van der Waals surface area contributed by atoms with Crippen molar-refractivity contribution in [2.45, 2.75) is 13.8 Å². The zero-order valence-electron chi connectivity index (χ0n) is 5.59. The summed E-state index contributed by atoms with van der Waals surface area (Å²) in [7, 11) is 0. The third-order valence-electron chi connectivity index (χ3n) is 1.11. The molecule has 0 fully saturated rings. The van der Waals surface area contributed by atoms with Gasteiger partial charge in [-0.2, -0.15) is 0 Å². The summed E-state index contributed by atoms with van der Waals surface area (Å²) in [5.41, 5.74) is 2.86. The van der Waals surface area contributed by atoms with Gasteiger partial charge in [-0.25, -0.2) is 5.84 Å². The molecule has 0 radical (unpaired) electrons. The quantitative estimate of drug-likeness (QED) is 0.423. The maximum Gasteiger partial charge on any atom is 0.0263 e. The molecule has 9 heavy (non-hydrogen) atoms. The fourth-order valence-electron chi connectivity index (χ4n) is 0.566. The number of hydrazine groups is 2. The number of hydrogen-bond donors (Lipinski definition) is 2. The molecule has 0 atom stereocenters. The Balaban J connectivity index is 2.45. The maximum atomic E-state index is 5.40. The monoisotopic (exact) mass is 145 g/mol. The maximum absolute atomic E-state index is 5.40. The Morgan fingerprint density at radius 1 is 1.78 bits per heavy atom. The van der Waals surface area contributed by atoms with E-state index >= 15 is 0 Å². The van der Waals surface area contributed by atoms with Crippen LogP contribution < -0.4 is 11.3 Å². The van der Waals surface area contributed by atoms with Crippen molar-refractivity contribution in [2.24, 2.45) is 11.8 Å². The molecule has 0 aliphatic carbocycles. The molecule has 1 heterocycles. The second kappa shape index (κ2) is 2.60. The minimum atomic E-state index is 0.566. The Morgan fingerprint density at radius 3 is 2.67 bits per heavy atom. The first-order chi connectivity index (χ1) is 4.20. The molecule has 0 aromatic carbocycles. The normalized spacial score (nSPS) is 20.2. The van der Waals surface area contributed by atoms with E-state index in [2.05, 4.69) is 19.3 Å². The molecule has 3 N–H and O–H groups in total. The van der Waals surface area contributed by atoms with Gasteiger partial charge in [0.2, 0.25) is 0 Å². The largest absolute Gasteiger partial charge is 0.302 e. The summed E-state index contributed by atoms with van der Waals surface area (Å²) >= 11 is 1.53. The van der Waals surface area contributed by atoms with E-state index in [4.69, 9.17) is 5.84 Å². The summed E-state index contributed by atoms with van der Waals surface area (Å²) in [6, 6.07) is 0. The predicted molar refractivity (Wildman–Crippen MR) is 39.7 cm³/mol. The average molecular weight is 145 g/mol. The molecular weight excluding hydrogens is 134 g/mol. The standard InChI is InChI=1S/C5H11N3S/c1-4(2)5-3-7-8(6)9-5/h3-4,7H,6H2,1-2H3. The summed E-state index contributed by atoms with van der Waals surface area (Å²) in [6.07, 6.45) is 1.93. The van der Waals surface area contributed by atoms with Crippen LogP contribution in [0.3, 0.4) is 0 Å². The van der Waals surface area contributed by atoms with E-state index in [1.165, 1.54) is 21.4 Å². The molecule has 0 saturated carbocycles. The third-order valence-corrected chi connectivity index (χ3v) is 2.21. The lowest BCUT2D eigenvalue weighted by Gasteiger charge is -2.06. The zero-order chi connectivity index (χ0) is 6.85. The van der Waals surface area contributed by atoms with Crippen LogP contribution in [0.4, 0.5) is 0 Å². The molecule has 0 aromatic rings. The minimum absolute atomic E-state index is 0.566. The van der Waals surface area contributed by atoms with Gasteiger partial charge in [0.1, 0.15) is 0 Å². The number of hydrogen-bond acceptors (Lipinski definition) is 4. The van der Waals surface area contributed by atoms with E-state index in [-0.39, 0.29) is 0 Å². The van der Waals surface area contributed by atoms with E-state index in [1.54, 1.807) is 0 Å². The van der Waals surface area contributed by atoms with Crippen molar-refractivity contribution < 1.29 is 0 Å². The van der Waals surface area contributed by atoms with Gasteiger partial charge in [0.05, 0.1) is 0 Å². The fourth-order valence-corrected chi connectivity index (χ4v) is 1.21. The summed E-state index contributed by atoms with van der Waals surface area (Å²) in [5, 5.41) is 0. The molecule has 0 amide bonds. The topological polar surface area (TPSA) is 41.3 Å². The lowest BCUT2D eigenvalue weighted by atomic mass is 10.2. The van der Waals surface area contributed by atoms with Gasteiger partial charge in [-0.15, -0.1) is 0 Å². The van der Waals surface area contributed by atoms with Crippen LogP contribution in [0.1, 0.15) is 13.8 Å². The van der Waals surface area contributed by atoms with E-state index in [9.17, 15) is 0 Å². The van der Waals surface area contributed by atoms with Gasteiger partial charge in [0, 0.05) is 11.1 Å². The zero-order valence-corrected chi connectivity index (χ0v) is 6.40. The van der Waals surface area contributed by atoms with Gasteiger partial charge in [-0.1, -0.05) is 18.4 Å². The van der Waals surface area contributed by atoms with Crippen molar-refractivity contribution in [1.82, 2.24) is 9.95 Å². The number of nitrogens with one attached hydrogen (secondary N) is 1. The second-order valence-electron chi connectivity index (χ2n) is 2.25. The van der Waals surface area contributed by atoms with Crippen LogP contribution >= 0.6 is 11.9 Å². The Morgan fingerprint density at radius 2 is 2.44 bits per heavy atom. The van der Waals surface area contributed by atoms with Gasteiger partial charge >= 0.3 is 0 Å². The highest BCUT2D eigenvalue weighted by Gasteiger charge is 2.13. The minimum Gasteiger partial charge on any atom is -0.302 e. The van der Waals surface area contributed by atoms with E-state index in [0.717, 1.165) is 0 Å². The molecule has 3 nitrogen and oxygen atoms in total. The van der Waals surface area contributed by atoms with Crippen molar-refractivity contribution >= 4 is 11.9 Å². The Labute approximate surface area is 59.4 Å². The van der Waals surface area contributed by atoms with Gasteiger partial charge in [0.15, 0.2) is 0 Å². The number of rotatable bonds is 1. The number of nitrogens with zero attached hydrogens (tertiary/aromatic N) is 1. The molecule has 0 saturated heterocycles. The second-order valence-corrected chi connectivity index (χ2v) is 3.29. The van der Waals surface area contributed by atoms with Crippen LogP contribution in [0.25, 0.3) is 0 Å². The van der Waals surface area contributed by atoms with Crippen LogP contribution in [0.2, 0.25) is 0 Å². The molecule has 0 spiro atoms. The van der Waals surface area contributed by atoms with Gasteiger partial charge in [-0.05, 0) is 17.9 Å². The SMILES string of the molecule is CC(C)C1=CNN(N)S1. The smallest absolute Gasteiger partial charge is 0.0263 e. The molecule has 1 aliphatic rings. The number of nitrogens with two attached hydrogens (primary N) is 1. The van der Waals surface area contributed by atoms with Crippen molar-refractivity contribution in [3.05, 3.63) is 11.1 Å². The van der Waals surface area contributed by atoms with Crippen molar-refractivity contribution in [1.29, 1.82) is 0 Å². The molecule has 52 valence electrons. The van der Waals surface area contributed by atoms with Crippen molar-refractivity contribution in [3.8, 4) is 0 Å². The summed E-state index contributed by atoms with van der Waals surface area (Å²) in [6.45, 7) is 4.28. The number of allylic oxidation sites excluding steroid dienone is 1. The summed E-state index contributed by atoms with van der Waals surface area (Å²) in [5.74, 6) is 5.96. The summed E-state index contributed by atoms with van der Waals surface area (Å²) < 4.78 is 1.50. The Hall–Kier alpha value is -0.190. The lowest BCUT2D eigenvalue weighted by Crippen LogP contribution is -2.30. The lowest BCUT2D eigenvalue weighted by molar-refractivity contribution is 0.440. The van der Waals surface area contributed by atoms with E-state index in [1.807, 2.05) is 6.20 Å². The molecule has 0 aromatic heterocycles.